The number of nitrogens with one attached hydrogen (secondary N) is 3. The van der Waals surface area contributed by atoms with Gasteiger partial charge < -0.3 is 16.0 Å². The van der Waals surface area contributed by atoms with E-state index in [1.807, 2.05) is 49.4 Å². The number of halogens is 1. The van der Waals surface area contributed by atoms with Gasteiger partial charge in [-0.3, -0.25) is 9.78 Å². The first-order valence-corrected chi connectivity index (χ1v) is 10.6. The second kappa shape index (κ2) is 11.6. The molecule has 7 heteroatoms. The fourth-order valence-electron chi connectivity index (χ4n) is 3.78. The summed E-state index contributed by atoms with van der Waals surface area (Å²) in [7, 11) is 0. The zero-order chi connectivity index (χ0) is 21.5. The number of pyridine rings is 1. The minimum atomic E-state index is 0. The second-order valence-electron chi connectivity index (χ2n) is 7.53. The van der Waals surface area contributed by atoms with E-state index in [1.54, 1.807) is 6.20 Å². The lowest BCUT2D eigenvalue weighted by Crippen LogP contribution is -2.40. The third kappa shape index (κ3) is 6.06. The molecule has 6 nitrogen and oxygen atoms in total. The summed E-state index contributed by atoms with van der Waals surface area (Å²) < 4.78 is 0. The first-order chi connectivity index (χ1) is 15.2. The molecule has 1 unspecified atom stereocenters. The van der Waals surface area contributed by atoms with Gasteiger partial charge in [0.15, 0.2) is 5.96 Å². The number of anilines is 1. The zero-order valence-electron chi connectivity index (χ0n) is 18.0. The molecule has 4 rings (SSSR count). The van der Waals surface area contributed by atoms with E-state index in [-0.39, 0.29) is 35.8 Å². The predicted molar refractivity (Wildman–Crippen MR) is 140 cm³/mol. The Morgan fingerprint density at radius 3 is 2.75 bits per heavy atom. The molecular weight excluding hydrogens is 513 g/mol. The molecule has 0 aliphatic carbocycles. The van der Waals surface area contributed by atoms with Crippen LogP contribution in [0.2, 0.25) is 0 Å². The Kier molecular flexibility index (Phi) is 8.61. The van der Waals surface area contributed by atoms with E-state index in [1.165, 1.54) is 0 Å². The number of para-hydroxylation sites is 1. The molecule has 3 aromatic rings. The molecule has 0 radical (unpaired) electrons. The minimum absolute atomic E-state index is 0. The molecule has 3 N–H and O–H groups in total. The van der Waals surface area contributed by atoms with Gasteiger partial charge in [0, 0.05) is 42.9 Å². The third-order valence-electron chi connectivity index (χ3n) is 5.27. The third-order valence-corrected chi connectivity index (χ3v) is 5.27. The van der Waals surface area contributed by atoms with Crippen molar-refractivity contribution in [3.8, 4) is 11.3 Å². The van der Waals surface area contributed by atoms with Gasteiger partial charge in [-0.15, -0.1) is 24.0 Å². The van der Waals surface area contributed by atoms with E-state index >= 15 is 0 Å². The van der Waals surface area contributed by atoms with E-state index < -0.39 is 0 Å². The van der Waals surface area contributed by atoms with Gasteiger partial charge in [-0.25, -0.2) is 4.99 Å². The lowest BCUT2D eigenvalue weighted by Gasteiger charge is -2.26. The average molecular weight is 541 g/mol. The first kappa shape index (κ1) is 23.7. The number of aromatic nitrogens is 1. The van der Waals surface area contributed by atoms with Crippen LogP contribution in [0.5, 0.6) is 0 Å². The molecule has 0 bridgehead atoms. The highest BCUT2D eigenvalue weighted by Gasteiger charge is 2.24. The maximum Gasteiger partial charge on any atom is 0.225 e. The van der Waals surface area contributed by atoms with Gasteiger partial charge in [-0.1, -0.05) is 42.5 Å². The summed E-state index contributed by atoms with van der Waals surface area (Å²) in [6.45, 7) is 4.01. The summed E-state index contributed by atoms with van der Waals surface area (Å²) in [5.41, 5.74) is 5.21. The van der Waals surface area contributed by atoms with Gasteiger partial charge in [0.2, 0.25) is 5.91 Å². The molecule has 0 saturated heterocycles. The van der Waals surface area contributed by atoms with Gasteiger partial charge in [-0.2, -0.15) is 0 Å². The molecule has 2 aromatic carbocycles. The van der Waals surface area contributed by atoms with Gasteiger partial charge >= 0.3 is 0 Å². The quantitative estimate of drug-likeness (QED) is 0.243. The number of carbonyl (C=O) groups excluding carboxylic acids is 1. The molecule has 1 aliphatic rings. The summed E-state index contributed by atoms with van der Waals surface area (Å²) in [4.78, 5) is 21.3. The summed E-state index contributed by atoms with van der Waals surface area (Å²) in [5.74, 6) is 0.911. The molecule has 1 amide bonds. The Morgan fingerprint density at radius 2 is 1.94 bits per heavy atom. The van der Waals surface area contributed by atoms with E-state index in [0.717, 1.165) is 40.6 Å². The van der Waals surface area contributed by atoms with Crippen molar-refractivity contribution in [2.24, 2.45) is 4.99 Å². The predicted octanol–water partition coefficient (Wildman–Crippen LogP) is 4.55. The summed E-state index contributed by atoms with van der Waals surface area (Å²) in [6, 6.07) is 22.2. The number of benzene rings is 2. The number of hydrogen-bond acceptors (Lipinski definition) is 3. The highest BCUT2D eigenvalue weighted by Crippen LogP contribution is 2.31. The lowest BCUT2D eigenvalue weighted by atomic mass is 9.90. The maximum absolute atomic E-state index is 12.1. The molecule has 1 aromatic heterocycles. The van der Waals surface area contributed by atoms with Crippen molar-refractivity contribution in [2.75, 3.05) is 18.4 Å². The van der Waals surface area contributed by atoms with Crippen LogP contribution in [-0.2, 0) is 11.3 Å². The van der Waals surface area contributed by atoms with Crippen molar-refractivity contribution >= 4 is 41.5 Å². The van der Waals surface area contributed by atoms with Gasteiger partial charge in [0.25, 0.3) is 0 Å². The van der Waals surface area contributed by atoms with Crippen molar-refractivity contribution in [3.05, 3.63) is 84.1 Å². The molecule has 2 heterocycles. The van der Waals surface area contributed by atoms with E-state index in [2.05, 4.69) is 45.2 Å². The van der Waals surface area contributed by atoms with Crippen molar-refractivity contribution < 1.29 is 4.79 Å². The maximum atomic E-state index is 12.1. The fraction of sp³-hybridized carbons (Fsp3) is 0.240. The van der Waals surface area contributed by atoms with Crippen LogP contribution in [0.1, 0.15) is 30.4 Å². The van der Waals surface area contributed by atoms with E-state index in [9.17, 15) is 4.79 Å². The van der Waals surface area contributed by atoms with E-state index in [4.69, 9.17) is 4.99 Å². The summed E-state index contributed by atoms with van der Waals surface area (Å²) in [5, 5.41) is 9.67. The smallest absolute Gasteiger partial charge is 0.225 e. The number of rotatable bonds is 6. The fourth-order valence-corrected chi connectivity index (χ4v) is 3.78. The van der Waals surface area contributed by atoms with Crippen LogP contribution in [0.3, 0.4) is 0 Å². The van der Waals surface area contributed by atoms with Crippen molar-refractivity contribution in [2.45, 2.75) is 25.8 Å². The minimum Gasteiger partial charge on any atom is -0.357 e. The first-order valence-electron chi connectivity index (χ1n) is 10.6. The Labute approximate surface area is 206 Å². The molecule has 0 fully saturated rings. The molecular formula is C25H28IN5O. The SMILES string of the molecule is CCNC(=NCc1cccc(-c2ccccn2)c1)NCC1CC(=O)Nc2ccccc21.I. The Hall–Kier alpha value is -2.94. The van der Waals surface area contributed by atoms with Crippen LogP contribution in [0.25, 0.3) is 11.3 Å². The molecule has 1 aliphatic heterocycles. The van der Waals surface area contributed by atoms with Crippen LogP contribution >= 0.6 is 24.0 Å². The molecule has 0 saturated carbocycles. The largest absolute Gasteiger partial charge is 0.357 e. The molecule has 0 spiro atoms. The second-order valence-corrected chi connectivity index (χ2v) is 7.53. The normalized spacial score (nSPS) is 15.2. The van der Waals surface area contributed by atoms with Crippen LogP contribution in [-0.4, -0.2) is 29.9 Å². The number of hydrogen-bond donors (Lipinski definition) is 3. The lowest BCUT2D eigenvalue weighted by molar-refractivity contribution is -0.116. The van der Waals surface area contributed by atoms with Crippen molar-refractivity contribution in [1.29, 1.82) is 0 Å². The van der Waals surface area contributed by atoms with Crippen molar-refractivity contribution in [3.63, 3.8) is 0 Å². The Bertz CT molecular complexity index is 1070. The molecule has 1 atom stereocenters. The number of guanidine groups is 1. The highest BCUT2D eigenvalue weighted by atomic mass is 127. The standard InChI is InChI=1S/C25H27N5O.HI/c1-2-26-25(29-17-20-15-24(31)30-23-12-4-3-10-21(20)23)28-16-18-8-7-9-19(14-18)22-11-5-6-13-27-22;/h3-14,20H,2,15-17H2,1H3,(H,30,31)(H2,26,28,29);1H. The molecule has 166 valence electrons. The summed E-state index contributed by atoms with van der Waals surface area (Å²) >= 11 is 0. The zero-order valence-corrected chi connectivity index (χ0v) is 20.4. The summed E-state index contributed by atoms with van der Waals surface area (Å²) in [6.07, 6.45) is 2.27. The number of carbonyl (C=O) groups is 1. The Morgan fingerprint density at radius 1 is 1.09 bits per heavy atom. The number of nitrogens with zero attached hydrogens (tertiary/aromatic N) is 2. The van der Waals surface area contributed by atoms with Crippen molar-refractivity contribution in [1.82, 2.24) is 15.6 Å². The van der Waals surface area contributed by atoms with Crippen LogP contribution < -0.4 is 16.0 Å². The highest BCUT2D eigenvalue weighted by molar-refractivity contribution is 14.0. The number of aliphatic imine (C=N–C) groups is 1. The van der Waals surface area contributed by atoms with Gasteiger partial charge in [-0.05, 0) is 42.3 Å². The topological polar surface area (TPSA) is 78.4 Å². The van der Waals surface area contributed by atoms with Gasteiger partial charge in [0.1, 0.15) is 0 Å². The number of fused-ring (bicyclic) bond motifs is 1. The number of amides is 1. The Balaban J connectivity index is 0.00000289. The van der Waals surface area contributed by atoms with Crippen LogP contribution in [0.15, 0.2) is 77.9 Å². The van der Waals surface area contributed by atoms with Crippen LogP contribution in [0, 0.1) is 0 Å². The monoisotopic (exact) mass is 541 g/mol. The molecule has 32 heavy (non-hydrogen) atoms. The van der Waals surface area contributed by atoms with E-state index in [0.29, 0.717) is 19.5 Å². The van der Waals surface area contributed by atoms with Crippen LogP contribution in [0.4, 0.5) is 5.69 Å². The van der Waals surface area contributed by atoms with Gasteiger partial charge in [0.05, 0.1) is 12.2 Å². The average Bonchev–Trinajstić information content (AvgIpc) is 2.81.